The third kappa shape index (κ3) is 3.03. The molecule has 1 saturated heterocycles. The molecule has 10 heteroatoms. The second-order valence-electron chi connectivity index (χ2n) is 5.47. The minimum atomic E-state index is -0.829. The highest BCUT2D eigenvalue weighted by Gasteiger charge is 2.23. The number of hydrogen-bond donors (Lipinski definition) is 2. The van der Waals surface area contributed by atoms with Gasteiger partial charge in [0.2, 0.25) is 5.95 Å². The number of pyridine rings is 1. The Hall–Kier alpha value is -3.01. The molecule has 3 heterocycles. The molecule has 1 aliphatic heterocycles. The number of carbonyl (C=O) groups excluding carboxylic acids is 2. The standard InChI is InChI=1S/C15H17N5O5/c1-19-12-9(8-17-15(18-12)20-3-6-25-7-4-20)11(22)10(14(19)24)13(23)16-2-5-21/h5,8,22H,2-4,6-7H2,1H3,(H,16,23). The molecular formula is C15H17N5O5. The van der Waals surface area contributed by atoms with Crippen LogP contribution in [0.5, 0.6) is 5.75 Å². The molecule has 3 rings (SSSR count). The molecule has 1 aliphatic rings. The number of aryl methyl sites for hydroxylation is 1. The molecule has 0 aromatic carbocycles. The van der Waals surface area contributed by atoms with E-state index in [1.807, 2.05) is 4.90 Å². The van der Waals surface area contributed by atoms with Crippen LogP contribution in [0.3, 0.4) is 0 Å². The molecule has 2 aromatic rings. The summed E-state index contributed by atoms with van der Waals surface area (Å²) in [5, 5.41) is 12.8. The van der Waals surface area contributed by atoms with Gasteiger partial charge in [0.1, 0.15) is 17.6 Å². The van der Waals surface area contributed by atoms with Crippen LogP contribution in [0.15, 0.2) is 11.0 Å². The van der Waals surface area contributed by atoms with Crippen molar-refractivity contribution in [3.05, 3.63) is 22.1 Å². The van der Waals surface area contributed by atoms with Crippen molar-refractivity contribution in [2.24, 2.45) is 7.05 Å². The van der Waals surface area contributed by atoms with Gasteiger partial charge in [-0.05, 0) is 0 Å². The molecule has 0 unspecified atom stereocenters. The lowest BCUT2D eigenvalue weighted by molar-refractivity contribution is -0.107. The number of carbonyl (C=O) groups is 2. The second-order valence-corrected chi connectivity index (χ2v) is 5.47. The molecular weight excluding hydrogens is 330 g/mol. The van der Waals surface area contributed by atoms with E-state index < -0.39 is 22.8 Å². The minimum absolute atomic E-state index is 0.176. The topological polar surface area (TPSA) is 127 Å². The van der Waals surface area contributed by atoms with Crippen LogP contribution in [0.1, 0.15) is 10.4 Å². The van der Waals surface area contributed by atoms with Crippen molar-refractivity contribution in [3.8, 4) is 5.75 Å². The number of aromatic hydroxyl groups is 1. The minimum Gasteiger partial charge on any atom is -0.506 e. The molecule has 132 valence electrons. The Kier molecular flexibility index (Phi) is 4.61. The maximum Gasteiger partial charge on any atom is 0.268 e. The number of rotatable bonds is 4. The third-order valence-electron chi connectivity index (χ3n) is 3.95. The fraction of sp³-hybridized carbons (Fsp3) is 0.400. The quantitative estimate of drug-likeness (QED) is 0.660. The number of amides is 1. The Morgan fingerprint density at radius 2 is 2.16 bits per heavy atom. The first kappa shape index (κ1) is 16.8. The Morgan fingerprint density at radius 3 is 2.84 bits per heavy atom. The first-order valence-corrected chi connectivity index (χ1v) is 7.67. The average molecular weight is 347 g/mol. The van der Waals surface area contributed by atoms with E-state index in [9.17, 15) is 19.5 Å². The zero-order valence-electron chi connectivity index (χ0n) is 13.6. The van der Waals surface area contributed by atoms with Crippen molar-refractivity contribution >= 4 is 29.2 Å². The van der Waals surface area contributed by atoms with Crippen LogP contribution < -0.4 is 15.8 Å². The summed E-state index contributed by atoms with van der Waals surface area (Å²) < 4.78 is 6.46. The molecule has 10 nitrogen and oxygen atoms in total. The zero-order valence-corrected chi connectivity index (χ0v) is 13.6. The summed E-state index contributed by atoms with van der Waals surface area (Å²) in [6.45, 7) is 2.10. The average Bonchev–Trinajstić information content (AvgIpc) is 2.65. The Morgan fingerprint density at radius 1 is 1.44 bits per heavy atom. The van der Waals surface area contributed by atoms with E-state index in [1.54, 1.807) is 0 Å². The lowest BCUT2D eigenvalue weighted by Gasteiger charge is -2.26. The fourth-order valence-corrected chi connectivity index (χ4v) is 2.63. The monoisotopic (exact) mass is 347 g/mol. The molecule has 0 spiro atoms. The van der Waals surface area contributed by atoms with Gasteiger partial charge in [-0.3, -0.25) is 14.2 Å². The summed E-state index contributed by atoms with van der Waals surface area (Å²) in [4.78, 5) is 45.4. The zero-order chi connectivity index (χ0) is 18.0. The third-order valence-corrected chi connectivity index (χ3v) is 3.95. The first-order valence-electron chi connectivity index (χ1n) is 7.67. The Bertz CT molecular complexity index is 888. The second kappa shape index (κ2) is 6.85. The molecule has 0 saturated carbocycles. The van der Waals surface area contributed by atoms with Gasteiger partial charge in [-0.1, -0.05) is 0 Å². The normalized spacial score (nSPS) is 14.5. The number of anilines is 1. The summed E-state index contributed by atoms with van der Waals surface area (Å²) in [5.74, 6) is -0.914. The van der Waals surface area contributed by atoms with Crippen LogP contribution >= 0.6 is 0 Å². The largest absolute Gasteiger partial charge is 0.506 e. The van der Waals surface area contributed by atoms with E-state index >= 15 is 0 Å². The van der Waals surface area contributed by atoms with Crippen LogP contribution in [0, 0.1) is 0 Å². The molecule has 1 amide bonds. The van der Waals surface area contributed by atoms with Gasteiger partial charge in [0.05, 0.1) is 25.1 Å². The smallest absolute Gasteiger partial charge is 0.268 e. The van der Waals surface area contributed by atoms with Gasteiger partial charge in [-0.15, -0.1) is 0 Å². The van der Waals surface area contributed by atoms with Crippen molar-refractivity contribution in [2.45, 2.75) is 0 Å². The van der Waals surface area contributed by atoms with Crippen LogP contribution in [0.2, 0.25) is 0 Å². The molecule has 0 radical (unpaired) electrons. The highest BCUT2D eigenvalue weighted by Crippen LogP contribution is 2.25. The highest BCUT2D eigenvalue weighted by molar-refractivity contribution is 6.02. The SMILES string of the molecule is Cn1c(=O)c(C(=O)NCC=O)c(O)c2cnc(N3CCOCC3)nc21. The maximum absolute atomic E-state index is 12.5. The van der Waals surface area contributed by atoms with Gasteiger partial charge in [0, 0.05) is 26.3 Å². The van der Waals surface area contributed by atoms with Gasteiger partial charge in [0.25, 0.3) is 11.5 Å². The van der Waals surface area contributed by atoms with Crippen molar-refractivity contribution < 1.29 is 19.4 Å². The number of morpholine rings is 1. The fourth-order valence-electron chi connectivity index (χ4n) is 2.63. The maximum atomic E-state index is 12.5. The molecule has 25 heavy (non-hydrogen) atoms. The van der Waals surface area contributed by atoms with Gasteiger partial charge in [-0.25, -0.2) is 4.98 Å². The number of hydrogen-bond acceptors (Lipinski definition) is 8. The Balaban J connectivity index is 2.10. The molecule has 2 N–H and O–H groups in total. The van der Waals surface area contributed by atoms with E-state index in [0.717, 1.165) is 0 Å². The predicted octanol–water partition coefficient (Wildman–Crippen LogP) is -1.20. The summed E-state index contributed by atoms with van der Waals surface area (Å²) in [7, 11) is 1.46. The molecule has 0 aliphatic carbocycles. The van der Waals surface area contributed by atoms with Crippen LogP contribution in [0.25, 0.3) is 11.0 Å². The Labute approximate surface area is 142 Å². The first-order chi connectivity index (χ1) is 12.0. The van der Waals surface area contributed by atoms with E-state index in [2.05, 4.69) is 15.3 Å². The van der Waals surface area contributed by atoms with Crippen LogP contribution in [-0.2, 0) is 16.6 Å². The number of nitrogens with one attached hydrogen (secondary N) is 1. The van der Waals surface area contributed by atoms with Gasteiger partial charge in [-0.2, -0.15) is 4.98 Å². The van der Waals surface area contributed by atoms with E-state index in [4.69, 9.17) is 4.74 Å². The van der Waals surface area contributed by atoms with Crippen molar-refractivity contribution in [1.29, 1.82) is 0 Å². The van der Waals surface area contributed by atoms with E-state index in [-0.39, 0.29) is 17.6 Å². The number of fused-ring (bicyclic) bond motifs is 1. The number of aldehydes is 1. The lowest BCUT2D eigenvalue weighted by Crippen LogP contribution is -2.37. The number of nitrogens with zero attached hydrogens (tertiary/aromatic N) is 4. The molecule has 0 bridgehead atoms. The summed E-state index contributed by atoms with van der Waals surface area (Å²) in [6.07, 6.45) is 1.86. The number of aromatic nitrogens is 3. The molecule has 0 atom stereocenters. The van der Waals surface area contributed by atoms with Crippen LogP contribution in [0.4, 0.5) is 5.95 Å². The summed E-state index contributed by atoms with van der Waals surface area (Å²) >= 11 is 0. The van der Waals surface area contributed by atoms with Crippen molar-refractivity contribution in [2.75, 3.05) is 37.7 Å². The van der Waals surface area contributed by atoms with Gasteiger partial charge < -0.3 is 24.9 Å². The predicted molar refractivity (Wildman–Crippen MR) is 87.9 cm³/mol. The molecule has 2 aromatic heterocycles. The summed E-state index contributed by atoms with van der Waals surface area (Å²) in [6, 6.07) is 0. The number of ether oxygens (including phenoxy) is 1. The van der Waals surface area contributed by atoms with E-state index in [0.29, 0.717) is 38.5 Å². The van der Waals surface area contributed by atoms with E-state index in [1.165, 1.54) is 17.8 Å². The van der Waals surface area contributed by atoms with Crippen molar-refractivity contribution in [1.82, 2.24) is 19.9 Å². The van der Waals surface area contributed by atoms with Gasteiger partial charge >= 0.3 is 0 Å². The summed E-state index contributed by atoms with van der Waals surface area (Å²) in [5.41, 5.74) is -0.939. The van der Waals surface area contributed by atoms with Crippen molar-refractivity contribution in [3.63, 3.8) is 0 Å². The van der Waals surface area contributed by atoms with Crippen LogP contribution in [-0.4, -0.2) is 64.7 Å². The lowest BCUT2D eigenvalue weighted by atomic mass is 10.1. The highest BCUT2D eigenvalue weighted by atomic mass is 16.5. The molecule has 1 fully saturated rings. The van der Waals surface area contributed by atoms with Gasteiger partial charge in [0.15, 0.2) is 5.65 Å².